The van der Waals surface area contributed by atoms with Crippen LogP contribution in [0.15, 0.2) is 71.6 Å². The van der Waals surface area contributed by atoms with E-state index < -0.39 is 28.5 Å². The number of hydrogen-bond donors (Lipinski definition) is 1. The maximum Gasteiger partial charge on any atom is 0.264 e. The molecule has 0 heterocycles. The Morgan fingerprint density at radius 2 is 1.46 bits per heavy atom. The molecule has 3 aromatic carbocycles. The van der Waals surface area contributed by atoms with Crippen molar-refractivity contribution in [1.29, 1.82) is 0 Å². The van der Waals surface area contributed by atoms with Gasteiger partial charge < -0.3 is 19.7 Å². The van der Waals surface area contributed by atoms with Crippen molar-refractivity contribution in [3.05, 3.63) is 83.4 Å². The number of anilines is 1. The summed E-state index contributed by atoms with van der Waals surface area (Å²) in [6, 6.07) is 17.9. The lowest BCUT2D eigenvalue weighted by Gasteiger charge is -2.32. The number of hydrogen-bond acceptors (Lipinski definition) is 6. The fourth-order valence-electron chi connectivity index (χ4n) is 4.50. The summed E-state index contributed by atoms with van der Waals surface area (Å²) in [6.45, 7) is 8.65. The number of ether oxygens (including phenoxy) is 2. The quantitative estimate of drug-likeness (QED) is 0.339. The maximum absolute atomic E-state index is 14.2. The van der Waals surface area contributed by atoms with Gasteiger partial charge in [-0.25, -0.2) is 8.42 Å². The van der Waals surface area contributed by atoms with Crippen LogP contribution in [0.2, 0.25) is 0 Å². The van der Waals surface area contributed by atoms with Gasteiger partial charge in [0.2, 0.25) is 11.8 Å². The monoisotopic (exact) mass is 581 g/mol. The predicted octanol–water partition coefficient (Wildman–Crippen LogP) is 4.46. The van der Waals surface area contributed by atoms with Crippen LogP contribution in [0.3, 0.4) is 0 Å². The molecule has 0 fully saturated rings. The van der Waals surface area contributed by atoms with Gasteiger partial charge in [-0.1, -0.05) is 36.4 Å². The van der Waals surface area contributed by atoms with Crippen LogP contribution in [-0.2, 0) is 26.2 Å². The van der Waals surface area contributed by atoms with Crippen LogP contribution in [0.1, 0.15) is 37.5 Å². The summed E-state index contributed by atoms with van der Waals surface area (Å²) in [7, 11) is -1.38. The number of amides is 2. The number of methoxy groups -OCH3 is 2. The van der Waals surface area contributed by atoms with E-state index in [0.717, 1.165) is 21.0 Å². The van der Waals surface area contributed by atoms with Gasteiger partial charge >= 0.3 is 0 Å². The Morgan fingerprint density at radius 1 is 0.854 bits per heavy atom. The minimum atomic E-state index is -4.26. The molecule has 0 unspecified atom stereocenters. The first-order chi connectivity index (χ1) is 19.4. The molecule has 0 saturated carbocycles. The Kier molecular flexibility index (Phi) is 10.4. The van der Waals surface area contributed by atoms with Crippen LogP contribution in [0.25, 0.3) is 0 Å². The van der Waals surface area contributed by atoms with E-state index in [2.05, 4.69) is 5.32 Å². The Morgan fingerprint density at radius 3 is 2.02 bits per heavy atom. The van der Waals surface area contributed by atoms with E-state index in [0.29, 0.717) is 11.4 Å². The van der Waals surface area contributed by atoms with Gasteiger partial charge in [0.15, 0.2) is 11.5 Å². The van der Waals surface area contributed by atoms with Crippen molar-refractivity contribution in [3.63, 3.8) is 0 Å². The highest BCUT2D eigenvalue weighted by molar-refractivity contribution is 7.92. The lowest BCUT2D eigenvalue weighted by molar-refractivity contribution is -0.139. The van der Waals surface area contributed by atoms with Crippen LogP contribution < -0.4 is 19.1 Å². The summed E-state index contributed by atoms with van der Waals surface area (Å²) in [5.74, 6) is -0.238. The number of carbonyl (C=O) groups is 2. The van der Waals surface area contributed by atoms with Crippen LogP contribution in [-0.4, -0.2) is 58.0 Å². The Labute approximate surface area is 243 Å². The molecule has 0 aliphatic rings. The first-order valence-electron chi connectivity index (χ1n) is 13.3. The van der Waals surface area contributed by atoms with Gasteiger partial charge in [-0.05, 0) is 75.6 Å². The second-order valence-corrected chi connectivity index (χ2v) is 12.1. The van der Waals surface area contributed by atoms with E-state index in [1.54, 1.807) is 19.1 Å². The van der Waals surface area contributed by atoms with E-state index in [9.17, 15) is 18.0 Å². The SMILES string of the molecule is COc1ccc(S(=O)(=O)N(CC(=O)N(Cc2ccccc2)[C@H](C)C(=O)NC(C)C)c2cc(C)cc(C)c2)cc1OC. The van der Waals surface area contributed by atoms with Crippen molar-refractivity contribution in [2.24, 2.45) is 0 Å². The molecule has 0 bridgehead atoms. The number of rotatable bonds is 12. The average molecular weight is 582 g/mol. The molecule has 0 spiro atoms. The summed E-state index contributed by atoms with van der Waals surface area (Å²) < 4.78 is 40.0. The van der Waals surface area contributed by atoms with Gasteiger partial charge in [-0.3, -0.25) is 13.9 Å². The van der Waals surface area contributed by atoms with Crippen molar-refractivity contribution in [3.8, 4) is 11.5 Å². The Bertz CT molecular complexity index is 1450. The standard InChI is InChI=1S/C31H39N3O6S/c1-21(2)32-31(36)24(5)33(19-25-11-9-8-10-12-25)30(35)20-34(26-16-22(3)15-23(4)17-26)41(37,38)27-13-14-28(39-6)29(18-27)40-7/h8-18,21,24H,19-20H2,1-7H3,(H,32,36)/t24-/m1/s1. The molecule has 1 N–H and O–H groups in total. The number of nitrogens with one attached hydrogen (secondary N) is 1. The van der Waals surface area contributed by atoms with E-state index in [-0.39, 0.29) is 29.1 Å². The molecule has 0 radical (unpaired) electrons. The molecule has 0 aliphatic carbocycles. The number of nitrogens with zero attached hydrogens (tertiary/aromatic N) is 2. The molecule has 1 atom stereocenters. The fourth-order valence-corrected chi connectivity index (χ4v) is 5.91. The van der Waals surface area contributed by atoms with E-state index in [4.69, 9.17) is 9.47 Å². The molecule has 3 rings (SSSR count). The predicted molar refractivity (Wildman–Crippen MR) is 160 cm³/mol. The van der Waals surface area contributed by atoms with E-state index in [1.165, 1.54) is 37.3 Å². The largest absolute Gasteiger partial charge is 0.493 e. The van der Waals surface area contributed by atoms with Crippen LogP contribution in [0.5, 0.6) is 11.5 Å². The second kappa shape index (κ2) is 13.5. The zero-order chi connectivity index (χ0) is 30.3. The molecule has 0 saturated heterocycles. The number of carbonyl (C=O) groups excluding carboxylic acids is 2. The van der Waals surface area contributed by atoms with Crippen molar-refractivity contribution in [2.45, 2.75) is 58.1 Å². The first kappa shape index (κ1) is 31.5. The van der Waals surface area contributed by atoms with Gasteiger partial charge in [-0.15, -0.1) is 0 Å². The molecule has 220 valence electrons. The molecule has 0 aromatic heterocycles. The third-order valence-corrected chi connectivity index (χ3v) is 8.28. The topological polar surface area (TPSA) is 105 Å². The summed E-state index contributed by atoms with van der Waals surface area (Å²) in [6.07, 6.45) is 0. The highest BCUT2D eigenvalue weighted by Crippen LogP contribution is 2.33. The molecular weight excluding hydrogens is 542 g/mol. The Hall–Kier alpha value is -4.05. The van der Waals surface area contributed by atoms with Gasteiger partial charge in [0, 0.05) is 18.7 Å². The fraction of sp³-hybridized carbons (Fsp3) is 0.355. The van der Waals surface area contributed by atoms with Gasteiger partial charge in [0.1, 0.15) is 12.6 Å². The third-order valence-electron chi connectivity index (χ3n) is 6.51. The summed E-state index contributed by atoms with van der Waals surface area (Å²) in [5, 5.41) is 2.85. The summed E-state index contributed by atoms with van der Waals surface area (Å²) >= 11 is 0. The van der Waals surface area contributed by atoms with Crippen molar-refractivity contribution in [1.82, 2.24) is 10.2 Å². The van der Waals surface area contributed by atoms with Gasteiger partial charge in [0.05, 0.1) is 24.8 Å². The zero-order valence-corrected chi connectivity index (χ0v) is 25.5. The normalized spacial score (nSPS) is 12.0. The minimum absolute atomic E-state index is 0.0673. The average Bonchev–Trinajstić information content (AvgIpc) is 2.93. The van der Waals surface area contributed by atoms with E-state index >= 15 is 0 Å². The first-order valence-corrected chi connectivity index (χ1v) is 14.8. The number of benzene rings is 3. The van der Waals surface area contributed by atoms with Crippen molar-refractivity contribution >= 4 is 27.5 Å². The third kappa shape index (κ3) is 7.79. The molecule has 41 heavy (non-hydrogen) atoms. The highest BCUT2D eigenvalue weighted by Gasteiger charge is 2.33. The molecule has 2 amide bonds. The van der Waals surface area contributed by atoms with Crippen LogP contribution in [0, 0.1) is 13.8 Å². The maximum atomic E-state index is 14.2. The lowest BCUT2D eigenvalue weighted by atomic mass is 10.1. The second-order valence-electron chi connectivity index (χ2n) is 10.2. The lowest BCUT2D eigenvalue weighted by Crippen LogP contribution is -2.52. The van der Waals surface area contributed by atoms with E-state index in [1.807, 2.05) is 64.1 Å². The molecule has 9 nitrogen and oxygen atoms in total. The molecule has 10 heteroatoms. The van der Waals surface area contributed by atoms with Crippen LogP contribution in [0.4, 0.5) is 5.69 Å². The van der Waals surface area contributed by atoms with Crippen molar-refractivity contribution in [2.75, 3.05) is 25.1 Å². The van der Waals surface area contributed by atoms with Crippen LogP contribution >= 0.6 is 0 Å². The highest BCUT2D eigenvalue weighted by atomic mass is 32.2. The van der Waals surface area contributed by atoms with Gasteiger partial charge in [0.25, 0.3) is 10.0 Å². The van der Waals surface area contributed by atoms with Gasteiger partial charge in [-0.2, -0.15) is 0 Å². The number of aryl methyl sites for hydroxylation is 2. The minimum Gasteiger partial charge on any atom is -0.493 e. The molecule has 0 aliphatic heterocycles. The Balaban J connectivity index is 2.10. The smallest absolute Gasteiger partial charge is 0.264 e. The molecular formula is C31H39N3O6S. The summed E-state index contributed by atoms with van der Waals surface area (Å²) in [5.41, 5.74) is 2.83. The van der Waals surface area contributed by atoms with Crippen molar-refractivity contribution < 1.29 is 27.5 Å². The zero-order valence-electron chi connectivity index (χ0n) is 24.7. The number of sulfonamides is 1. The molecule has 3 aromatic rings. The summed E-state index contributed by atoms with van der Waals surface area (Å²) in [4.78, 5) is 28.4.